The van der Waals surface area contributed by atoms with Gasteiger partial charge in [0, 0.05) is 12.7 Å². The smallest absolute Gasteiger partial charge is 0.416 e. The number of ether oxygens (including phenoxy) is 1. The second kappa shape index (κ2) is 9.96. The number of hydrogen-bond acceptors (Lipinski definition) is 5. The first-order valence-corrected chi connectivity index (χ1v) is 11.2. The molecule has 0 aliphatic carbocycles. The molecule has 0 aliphatic rings. The highest BCUT2D eigenvalue weighted by molar-refractivity contribution is 7.92. The number of para-hydroxylation sites is 1. The molecular weight excluding hydrogens is 473 g/mol. The Balaban J connectivity index is 1.70. The van der Waals surface area contributed by atoms with Crippen LogP contribution in [0.5, 0.6) is 0 Å². The van der Waals surface area contributed by atoms with Gasteiger partial charge in [0.15, 0.2) is 6.61 Å². The Morgan fingerprint density at radius 3 is 2.12 bits per heavy atom. The topological polar surface area (TPSA) is 92.8 Å². The van der Waals surface area contributed by atoms with Crippen LogP contribution in [0.1, 0.15) is 15.9 Å². The van der Waals surface area contributed by atoms with Crippen LogP contribution in [0.2, 0.25) is 0 Å². The first-order chi connectivity index (χ1) is 16.0. The Hall–Kier alpha value is -3.86. The molecule has 11 heteroatoms. The molecule has 3 aromatic carbocycles. The van der Waals surface area contributed by atoms with Crippen molar-refractivity contribution < 1.29 is 35.9 Å². The van der Waals surface area contributed by atoms with E-state index in [1.807, 2.05) is 0 Å². The summed E-state index contributed by atoms with van der Waals surface area (Å²) in [6, 6.07) is 17.3. The number of nitrogens with one attached hydrogen (secondary N) is 1. The number of esters is 1. The molecular formula is C23H19F3N2O5S. The highest BCUT2D eigenvalue weighted by atomic mass is 32.2. The van der Waals surface area contributed by atoms with Crippen molar-refractivity contribution in [3.8, 4) is 0 Å². The Morgan fingerprint density at radius 1 is 0.912 bits per heavy atom. The van der Waals surface area contributed by atoms with Crippen molar-refractivity contribution in [3.63, 3.8) is 0 Å². The second-order valence-electron chi connectivity index (χ2n) is 7.00. The van der Waals surface area contributed by atoms with Gasteiger partial charge in [-0.1, -0.05) is 30.3 Å². The third-order valence-electron chi connectivity index (χ3n) is 4.70. The van der Waals surface area contributed by atoms with E-state index in [1.54, 1.807) is 30.3 Å². The molecule has 0 radical (unpaired) electrons. The highest BCUT2D eigenvalue weighted by Gasteiger charge is 2.30. The zero-order valence-corrected chi connectivity index (χ0v) is 18.6. The number of carbonyl (C=O) groups is 2. The van der Waals surface area contributed by atoms with Gasteiger partial charge in [0.1, 0.15) is 4.90 Å². The number of sulfonamides is 1. The van der Waals surface area contributed by atoms with Gasteiger partial charge in [0.2, 0.25) is 0 Å². The summed E-state index contributed by atoms with van der Waals surface area (Å²) in [6.07, 6.45) is -4.51. The van der Waals surface area contributed by atoms with Crippen LogP contribution in [0.25, 0.3) is 0 Å². The van der Waals surface area contributed by atoms with E-state index in [9.17, 15) is 31.2 Å². The normalized spacial score (nSPS) is 11.5. The molecule has 0 aliphatic heterocycles. The van der Waals surface area contributed by atoms with Crippen LogP contribution >= 0.6 is 0 Å². The van der Waals surface area contributed by atoms with Gasteiger partial charge >= 0.3 is 12.1 Å². The van der Waals surface area contributed by atoms with E-state index < -0.39 is 40.2 Å². The minimum absolute atomic E-state index is 0.0708. The van der Waals surface area contributed by atoms with Gasteiger partial charge in [0.25, 0.3) is 15.9 Å². The Morgan fingerprint density at radius 2 is 1.50 bits per heavy atom. The summed E-state index contributed by atoms with van der Waals surface area (Å²) in [5.41, 5.74) is -0.703. The van der Waals surface area contributed by atoms with Crippen LogP contribution in [0.3, 0.4) is 0 Å². The van der Waals surface area contributed by atoms with Gasteiger partial charge in [-0.15, -0.1) is 0 Å². The standard InChI is InChI=1S/C23H19F3N2O5S/c1-28(18-7-3-2-4-8-18)34(31,32)20-10-6-5-9-19(20)22(30)33-15-21(29)27-17-13-11-16(12-14-17)23(24,25)26/h2-14H,15H2,1H3,(H,27,29). The van der Waals surface area contributed by atoms with E-state index in [2.05, 4.69) is 5.32 Å². The number of halogens is 3. The van der Waals surface area contributed by atoms with E-state index in [-0.39, 0.29) is 16.1 Å². The molecule has 3 aromatic rings. The SMILES string of the molecule is CN(c1ccccc1)S(=O)(=O)c1ccccc1C(=O)OCC(=O)Nc1ccc(C(F)(F)F)cc1. The summed E-state index contributed by atoms with van der Waals surface area (Å²) >= 11 is 0. The summed E-state index contributed by atoms with van der Waals surface area (Å²) in [7, 11) is -2.79. The molecule has 1 N–H and O–H groups in total. The van der Waals surface area contributed by atoms with Crippen LogP contribution in [-0.2, 0) is 25.7 Å². The fourth-order valence-corrected chi connectivity index (χ4v) is 4.31. The predicted molar refractivity (Wildman–Crippen MR) is 119 cm³/mol. The van der Waals surface area contributed by atoms with Gasteiger partial charge in [0.05, 0.1) is 16.8 Å². The third kappa shape index (κ3) is 5.73. The molecule has 0 spiro atoms. The average Bonchev–Trinajstić information content (AvgIpc) is 2.82. The van der Waals surface area contributed by atoms with Crippen LogP contribution in [0.4, 0.5) is 24.5 Å². The zero-order chi connectivity index (χ0) is 24.9. The minimum Gasteiger partial charge on any atom is -0.452 e. The molecule has 0 fully saturated rings. The quantitative estimate of drug-likeness (QED) is 0.496. The number of carbonyl (C=O) groups excluding carboxylic acids is 2. The Labute approximate surface area is 193 Å². The van der Waals surface area contributed by atoms with Crippen LogP contribution in [0.15, 0.2) is 83.8 Å². The molecule has 0 heterocycles. The van der Waals surface area contributed by atoms with Crippen molar-refractivity contribution in [1.29, 1.82) is 0 Å². The van der Waals surface area contributed by atoms with E-state index in [0.717, 1.165) is 28.6 Å². The predicted octanol–water partition coefficient (Wildman–Crippen LogP) is 4.33. The number of rotatable bonds is 7. The molecule has 0 bridgehead atoms. The lowest BCUT2D eigenvalue weighted by atomic mass is 10.2. The van der Waals surface area contributed by atoms with Gasteiger partial charge in [-0.05, 0) is 48.5 Å². The molecule has 34 heavy (non-hydrogen) atoms. The lowest BCUT2D eigenvalue weighted by molar-refractivity contribution is -0.137. The lowest BCUT2D eigenvalue weighted by Gasteiger charge is -2.20. The zero-order valence-electron chi connectivity index (χ0n) is 17.7. The van der Waals surface area contributed by atoms with Crippen molar-refractivity contribution in [3.05, 3.63) is 90.0 Å². The monoisotopic (exact) mass is 492 g/mol. The van der Waals surface area contributed by atoms with Crippen LogP contribution < -0.4 is 9.62 Å². The summed E-state index contributed by atoms with van der Waals surface area (Å²) in [6.45, 7) is -0.775. The van der Waals surface area contributed by atoms with Gasteiger partial charge < -0.3 is 10.1 Å². The van der Waals surface area contributed by atoms with Crippen molar-refractivity contribution in [2.75, 3.05) is 23.3 Å². The van der Waals surface area contributed by atoms with Gasteiger partial charge in [-0.2, -0.15) is 13.2 Å². The fraction of sp³-hybridized carbons (Fsp3) is 0.130. The molecule has 3 rings (SSSR count). The average molecular weight is 492 g/mol. The molecule has 1 amide bonds. The first-order valence-electron chi connectivity index (χ1n) is 9.77. The summed E-state index contributed by atoms with van der Waals surface area (Å²) in [5, 5.41) is 2.30. The Bertz CT molecular complexity index is 1280. The number of alkyl halides is 3. The fourth-order valence-electron chi connectivity index (χ4n) is 2.93. The molecule has 0 aromatic heterocycles. The number of anilines is 2. The molecule has 0 saturated carbocycles. The van der Waals surface area contributed by atoms with Crippen LogP contribution in [-0.4, -0.2) is 33.9 Å². The van der Waals surface area contributed by atoms with E-state index in [1.165, 1.54) is 31.3 Å². The number of benzene rings is 3. The summed E-state index contributed by atoms with van der Waals surface area (Å²) in [5.74, 6) is -1.86. The number of amides is 1. The largest absolute Gasteiger partial charge is 0.452 e. The number of hydrogen-bond donors (Lipinski definition) is 1. The maximum absolute atomic E-state index is 13.1. The third-order valence-corrected chi connectivity index (χ3v) is 6.54. The van der Waals surface area contributed by atoms with Crippen molar-refractivity contribution in [1.82, 2.24) is 0 Å². The molecule has 0 atom stereocenters. The summed E-state index contributed by atoms with van der Waals surface area (Å²) < 4.78 is 70.0. The number of nitrogens with zero attached hydrogens (tertiary/aromatic N) is 1. The molecule has 0 unspecified atom stereocenters. The van der Waals surface area contributed by atoms with Gasteiger partial charge in [-0.3, -0.25) is 9.10 Å². The lowest BCUT2D eigenvalue weighted by Crippen LogP contribution is -2.28. The second-order valence-corrected chi connectivity index (χ2v) is 8.94. The van der Waals surface area contributed by atoms with E-state index >= 15 is 0 Å². The maximum Gasteiger partial charge on any atom is 0.416 e. The maximum atomic E-state index is 13.1. The van der Waals surface area contributed by atoms with E-state index in [0.29, 0.717) is 5.69 Å². The van der Waals surface area contributed by atoms with Crippen LogP contribution in [0, 0.1) is 0 Å². The van der Waals surface area contributed by atoms with Crippen molar-refractivity contribution >= 4 is 33.3 Å². The molecule has 7 nitrogen and oxygen atoms in total. The van der Waals surface area contributed by atoms with Crippen molar-refractivity contribution in [2.24, 2.45) is 0 Å². The van der Waals surface area contributed by atoms with Gasteiger partial charge in [-0.25, -0.2) is 13.2 Å². The highest BCUT2D eigenvalue weighted by Crippen LogP contribution is 2.30. The molecule has 0 saturated heterocycles. The van der Waals surface area contributed by atoms with Crippen molar-refractivity contribution in [2.45, 2.75) is 11.1 Å². The first kappa shape index (κ1) is 24.8. The summed E-state index contributed by atoms with van der Waals surface area (Å²) in [4.78, 5) is 24.3. The molecule has 178 valence electrons. The Kier molecular flexibility index (Phi) is 7.26. The van der Waals surface area contributed by atoms with E-state index in [4.69, 9.17) is 4.74 Å². The minimum atomic E-state index is -4.51.